The third-order valence-electron chi connectivity index (χ3n) is 7.87. The number of carbonyl (C=O) groups is 1. The Morgan fingerprint density at radius 1 is 1.06 bits per heavy atom. The molecule has 2 fully saturated rings. The molecule has 0 aliphatic carbocycles. The Hall–Kier alpha value is -2.58. The molecule has 5 nitrogen and oxygen atoms in total. The van der Waals surface area contributed by atoms with Crippen molar-refractivity contribution in [2.75, 3.05) is 19.6 Å². The van der Waals surface area contributed by atoms with Crippen molar-refractivity contribution in [1.82, 2.24) is 9.80 Å². The first-order valence-electron chi connectivity index (χ1n) is 12.7. The molecule has 4 atom stereocenters. The van der Waals surface area contributed by atoms with Crippen molar-refractivity contribution in [3.05, 3.63) is 64.2 Å². The van der Waals surface area contributed by atoms with Gasteiger partial charge >= 0.3 is 6.18 Å². The number of hydrogen-bond acceptors (Lipinski definition) is 4. The van der Waals surface area contributed by atoms with Gasteiger partial charge in [0.1, 0.15) is 5.75 Å². The van der Waals surface area contributed by atoms with Crippen molar-refractivity contribution in [1.29, 1.82) is 0 Å². The summed E-state index contributed by atoms with van der Waals surface area (Å²) in [5.74, 6) is 0.713. The summed E-state index contributed by atoms with van der Waals surface area (Å²) >= 11 is 0. The second-order valence-corrected chi connectivity index (χ2v) is 10.2. The number of ether oxygens (including phenoxy) is 1. The van der Waals surface area contributed by atoms with E-state index in [1.165, 1.54) is 23.3 Å². The fraction of sp³-hybridized carbons (Fsp3) is 0.536. The number of fused-ring (bicyclic) bond motifs is 2. The van der Waals surface area contributed by atoms with Gasteiger partial charge in [-0.3, -0.25) is 9.69 Å². The van der Waals surface area contributed by atoms with Gasteiger partial charge in [0.2, 0.25) is 0 Å². The molecule has 36 heavy (non-hydrogen) atoms. The average Bonchev–Trinajstić information content (AvgIpc) is 3.46. The summed E-state index contributed by atoms with van der Waals surface area (Å²) in [5.41, 5.74) is 8.79. The van der Waals surface area contributed by atoms with E-state index in [0.29, 0.717) is 18.7 Å². The van der Waals surface area contributed by atoms with E-state index in [4.69, 9.17) is 10.5 Å². The van der Waals surface area contributed by atoms with Crippen LogP contribution in [0.2, 0.25) is 0 Å². The lowest BCUT2D eigenvalue weighted by Gasteiger charge is -2.38. The zero-order chi connectivity index (χ0) is 26.2. The molecule has 2 aromatic rings. The number of hydrogen-bond donors (Lipinski definition) is 1. The van der Waals surface area contributed by atoms with Crippen LogP contribution in [0.5, 0.6) is 5.75 Å². The molecule has 2 N–H and O–H groups in total. The molecule has 0 saturated carbocycles. The highest BCUT2D eigenvalue weighted by Gasteiger charge is 2.47. The third-order valence-corrected chi connectivity index (χ3v) is 7.87. The normalized spacial score (nSPS) is 21.6. The number of amides is 1. The summed E-state index contributed by atoms with van der Waals surface area (Å²) in [6.07, 6.45) is -1.56. The lowest BCUT2D eigenvalue weighted by Crippen LogP contribution is -2.49. The second kappa shape index (κ2) is 10.4. The maximum Gasteiger partial charge on any atom is 0.416 e. The summed E-state index contributed by atoms with van der Waals surface area (Å²) in [7, 11) is 0. The van der Waals surface area contributed by atoms with Gasteiger partial charge in [0.25, 0.3) is 5.91 Å². The predicted molar refractivity (Wildman–Crippen MR) is 134 cm³/mol. The molecule has 2 saturated heterocycles. The van der Waals surface area contributed by atoms with Gasteiger partial charge in [0.15, 0.2) is 0 Å². The summed E-state index contributed by atoms with van der Waals surface area (Å²) in [4.78, 5) is 17.3. The molecule has 2 aliphatic rings. The second-order valence-electron chi connectivity index (χ2n) is 10.2. The summed E-state index contributed by atoms with van der Waals surface area (Å²) in [5, 5.41) is 0. The van der Waals surface area contributed by atoms with Crippen LogP contribution in [-0.2, 0) is 6.18 Å². The van der Waals surface area contributed by atoms with Crippen molar-refractivity contribution in [2.24, 2.45) is 5.73 Å². The van der Waals surface area contributed by atoms with Gasteiger partial charge in [0, 0.05) is 36.8 Å². The van der Waals surface area contributed by atoms with E-state index in [-0.39, 0.29) is 30.1 Å². The number of likely N-dealkylation sites (tertiary alicyclic amines) is 2. The largest absolute Gasteiger partial charge is 0.490 e. The van der Waals surface area contributed by atoms with Gasteiger partial charge in [-0.05, 0) is 101 Å². The molecule has 8 heteroatoms. The number of benzene rings is 2. The number of halogens is 3. The molecular formula is C28H36F3N3O2. The van der Waals surface area contributed by atoms with E-state index < -0.39 is 11.7 Å². The van der Waals surface area contributed by atoms with Crippen LogP contribution in [0, 0.1) is 13.8 Å². The maximum atomic E-state index is 13.0. The van der Waals surface area contributed by atoms with Gasteiger partial charge in [-0.2, -0.15) is 13.2 Å². The smallest absolute Gasteiger partial charge is 0.416 e. The van der Waals surface area contributed by atoms with Crippen LogP contribution in [-0.4, -0.2) is 53.5 Å². The summed E-state index contributed by atoms with van der Waals surface area (Å²) in [6.45, 7) is 10.5. The number of piperazine rings is 1. The van der Waals surface area contributed by atoms with Crippen LogP contribution in [0.3, 0.4) is 0 Å². The quantitative estimate of drug-likeness (QED) is 0.518. The first-order chi connectivity index (χ1) is 17.0. The van der Waals surface area contributed by atoms with Crippen molar-refractivity contribution >= 4 is 5.91 Å². The Bertz CT molecular complexity index is 1090. The van der Waals surface area contributed by atoms with Crippen molar-refractivity contribution in [2.45, 2.75) is 77.4 Å². The van der Waals surface area contributed by atoms with Crippen LogP contribution in [0.15, 0.2) is 36.4 Å². The van der Waals surface area contributed by atoms with Crippen molar-refractivity contribution in [3.63, 3.8) is 0 Å². The lowest BCUT2D eigenvalue weighted by molar-refractivity contribution is -0.137. The minimum absolute atomic E-state index is 0.0691. The monoisotopic (exact) mass is 503 g/mol. The van der Waals surface area contributed by atoms with E-state index in [0.717, 1.165) is 49.3 Å². The first kappa shape index (κ1) is 26.5. The fourth-order valence-corrected chi connectivity index (χ4v) is 5.65. The average molecular weight is 504 g/mol. The molecule has 2 aliphatic heterocycles. The molecular weight excluding hydrogens is 467 g/mol. The predicted octanol–water partition coefficient (Wildman–Crippen LogP) is 5.49. The highest BCUT2D eigenvalue weighted by molar-refractivity contribution is 5.94. The minimum Gasteiger partial charge on any atom is -0.490 e. The number of carbonyl (C=O) groups excluding carboxylic acids is 1. The Kier molecular flexibility index (Phi) is 7.67. The van der Waals surface area contributed by atoms with Crippen LogP contribution in [0.1, 0.15) is 71.8 Å². The number of nitrogens with zero attached hydrogens (tertiary/aromatic N) is 2. The van der Waals surface area contributed by atoms with Gasteiger partial charge in [-0.1, -0.05) is 6.07 Å². The van der Waals surface area contributed by atoms with Crippen molar-refractivity contribution < 1.29 is 22.7 Å². The molecule has 0 aromatic heterocycles. The molecule has 1 amide bonds. The van der Waals surface area contributed by atoms with Crippen LogP contribution < -0.4 is 10.5 Å². The van der Waals surface area contributed by atoms with E-state index in [1.54, 1.807) is 0 Å². The molecule has 3 unspecified atom stereocenters. The maximum absolute atomic E-state index is 13.0. The van der Waals surface area contributed by atoms with Crippen molar-refractivity contribution in [3.8, 4) is 5.75 Å². The van der Waals surface area contributed by atoms with Gasteiger partial charge in [-0.25, -0.2) is 0 Å². The SMILES string of the molecule is Cc1c(OC(C)CCCN)ccc([C@H](C)N2CC3CC2CN3C(=O)c2ccc(C(F)(F)F)cc2)c1C. The van der Waals surface area contributed by atoms with Gasteiger partial charge in [-0.15, -0.1) is 0 Å². The molecule has 0 spiro atoms. The summed E-state index contributed by atoms with van der Waals surface area (Å²) < 4.78 is 44.8. The fourth-order valence-electron chi connectivity index (χ4n) is 5.65. The lowest BCUT2D eigenvalue weighted by atomic mass is 9.96. The van der Waals surface area contributed by atoms with Gasteiger partial charge in [0.05, 0.1) is 11.7 Å². The number of alkyl halides is 3. The molecule has 0 radical (unpaired) electrons. The molecule has 4 rings (SSSR count). The molecule has 2 aromatic carbocycles. The first-order valence-corrected chi connectivity index (χ1v) is 12.7. The van der Waals surface area contributed by atoms with E-state index in [1.807, 2.05) is 4.90 Å². The Morgan fingerprint density at radius 2 is 1.75 bits per heavy atom. The van der Waals surface area contributed by atoms with Gasteiger partial charge < -0.3 is 15.4 Å². The van der Waals surface area contributed by atoms with Crippen LogP contribution in [0.4, 0.5) is 13.2 Å². The van der Waals surface area contributed by atoms with E-state index in [9.17, 15) is 18.0 Å². The zero-order valence-corrected chi connectivity index (χ0v) is 21.4. The Balaban J connectivity index is 1.41. The zero-order valence-electron chi connectivity index (χ0n) is 21.4. The molecule has 196 valence electrons. The third kappa shape index (κ3) is 5.25. The standard InChI is InChI=1S/C28H36F3N3O2/c1-17(6-5-13-32)36-26-12-11-25(18(2)19(26)3)20(4)33-15-24-14-23(33)16-34(24)27(35)21-7-9-22(10-8-21)28(29,30)31/h7-12,17,20,23-24H,5-6,13-16,32H2,1-4H3/t17?,20-,23?,24?/m0/s1. The highest BCUT2D eigenvalue weighted by Crippen LogP contribution is 2.40. The van der Waals surface area contributed by atoms with Crippen LogP contribution in [0.25, 0.3) is 0 Å². The minimum atomic E-state index is -4.41. The molecule has 2 heterocycles. The Morgan fingerprint density at radius 3 is 2.33 bits per heavy atom. The number of nitrogens with two attached hydrogens (primary N) is 1. The van der Waals surface area contributed by atoms with E-state index >= 15 is 0 Å². The highest BCUT2D eigenvalue weighted by atomic mass is 19.4. The topological polar surface area (TPSA) is 58.8 Å². The number of rotatable bonds is 8. The Labute approximate surface area is 211 Å². The van der Waals surface area contributed by atoms with E-state index in [2.05, 4.69) is 44.7 Å². The van der Waals surface area contributed by atoms with Crippen LogP contribution >= 0.6 is 0 Å². The molecule has 2 bridgehead atoms. The summed E-state index contributed by atoms with van der Waals surface area (Å²) in [6, 6.07) is 9.22.